The van der Waals surface area contributed by atoms with Gasteiger partial charge in [-0.3, -0.25) is 9.69 Å². The van der Waals surface area contributed by atoms with Gasteiger partial charge >= 0.3 is 0 Å². The quantitative estimate of drug-likeness (QED) is 0.581. The summed E-state index contributed by atoms with van der Waals surface area (Å²) in [5, 5.41) is 0.485. The summed E-state index contributed by atoms with van der Waals surface area (Å²) in [5.74, 6) is 1.83. The molecule has 7 heteroatoms. The molecule has 2 aliphatic rings. The van der Waals surface area contributed by atoms with E-state index in [1.165, 1.54) is 0 Å². The number of ether oxygens (including phenoxy) is 3. The maximum absolute atomic E-state index is 12.6. The van der Waals surface area contributed by atoms with Crippen molar-refractivity contribution in [3.8, 4) is 11.5 Å². The van der Waals surface area contributed by atoms with Gasteiger partial charge in [0.05, 0.1) is 32.0 Å². The van der Waals surface area contributed by atoms with E-state index in [1.54, 1.807) is 25.3 Å². The van der Waals surface area contributed by atoms with Gasteiger partial charge in [0.1, 0.15) is 0 Å². The summed E-state index contributed by atoms with van der Waals surface area (Å²) in [4.78, 5) is 17.1. The van der Waals surface area contributed by atoms with E-state index in [0.29, 0.717) is 29.0 Å². The Bertz CT molecular complexity index is 726. The van der Waals surface area contributed by atoms with Gasteiger partial charge in [-0.25, -0.2) is 0 Å². The van der Waals surface area contributed by atoms with Crippen LogP contribution in [0.3, 0.4) is 0 Å². The summed E-state index contributed by atoms with van der Waals surface area (Å²) >= 11 is 6.36. The molecule has 0 unspecified atom stereocenters. The zero-order chi connectivity index (χ0) is 21.3. The molecule has 166 valence electrons. The highest BCUT2D eigenvalue weighted by molar-refractivity contribution is 6.32. The van der Waals surface area contributed by atoms with Crippen LogP contribution in [0.15, 0.2) is 18.2 Å². The summed E-state index contributed by atoms with van der Waals surface area (Å²) in [6.45, 7) is 9.07. The van der Waals surface area contributed by atoms with Gasteiger partial charge < -0.3 is 19.1 Å². The van der Waals surface area contributed by atoms with Crippen LogP contribution in [0.2, 0.25) is 5.02 Å². The maximum atomic E-state index is 12.6. The van der Waals surface area contributed by atoms with Gasteiger partial charge in [-0.1, -0.05) is 18.5 Å². The Kier molecular flexibility index (Phi) is 8.85. The molecule has 2 heterocycles. The van der Waals surface area contributed by atoms with Crippen molar-refractivity contribution in [1.82, 2.24) is 9.80 Å². The standard InChI is InChI=1S/C23H33ClN2O4/c1-3-12-30-23-20(24)15-19(16-21(23)28-2)4-5-22(27)26-8-6-18(7-9-26)17-25-10-13-29-14-11-25/h4-5,15-16,18H,3,6-14,17H2,1-2H3/b5-4+. The predicted molar refractivity (Wildman–Crippen MR) is 119 cm³/mol. The molecule has 1 amide bonds. The van der Waals surface area contributed by atoms with Crippen LogP contribution in [-0.4, -0.2) is 75.4 Å². The van der Waals surface area contributed by atoms with Crippen molar-refractivity contribution in [1.29, 1.82) is 0 Å². The molecule has 1 aromatic carbocycles. The highest BCUT2D eigenvalue weighted by atomic mass is 35.5. The van der Waals surface area contributed by atoms with Crippen molar-refractivity contribution in [2.75, 3.05) is 59.7 Å². The maximum Gasteiger partial charge on any atom is 0.246 e. The molecule has 2 aliphatic heterocycles. The van der Waals surface area contributed by atoms with E-state index in [4.69, 9.17) is 25.8 Å². The lowest BCUT2D eigenvalue weighted by atomic mass is 9.96. The number of methoxy groups -OCH3 is 1. The van der Waals surface area contributed by atoms with Crippen LogP contribution in [0.1, 0.15) is 31.7 Å². The molecule has 0 aromatic heterocycles. The van der Waals surface area contributed by atoms with Gasteiger partial charge in [0.15, 0.2) is 11.5 Å². The monoisotopic (exact) mass is 436 g/mol. The van der Waals surface area contributed by atoms with Crippen molar-refractivity contribution in [3.63, 3.8) is 0 Å². The van der Waals surface area contributed by atoms with E-state index in [1.807, 2.05) is 17.9 Å². The third-order valence-corrected chi connectivity index (χ3v) is 5.95. The average molecular weight is 437 g/mol. The second-order valence-electron chi connectivity index (χ2n) is 7.90. The van der Waals surface area contributed by atoms with Crippen molar-refractivity contribution >= 4 is 23.6 Å². The SMILES string of the molecule is CCCOc1c(Cl)cc(/C=C/C(=O)N2CCC(CN3CCOCC3)CC2)cc1OC. The predicted octanol–water partition coefficient (Wildman–Crippen LogP) is 3.72. The van der Waals surface area contributed by atoms with Gasteiger partial charge in [-0.2, -0.15) is 0 Å². The zero-order valence-corrected chi connectivity index (χ0v) is 18.8. The minimum atomic E-state index is 0.0428. The number of likely N-dealkylation sites (tertiary alicyclic amines) is 1. The van der Waals surface area contributed by atoms with Crippen molar-refractivity contribution < 1.29 is 19.0 Å². The fourth-order valence-corrected chi connectivity index (χ4v) is 4.21. The van der Waals surface area contributed by atoms with Gasteiger partial charge in [0, 0.05) is 38.8 Å². The number of amides is 1. The molecule has 0 bridgehead atoms. The second kappa shape index (κ2) is 11.6. The Morgan fingerprint density at radius 1 is 1.23 bits per heavy atom. The van der Waals surface area contributed by atoms with E-state index in [9.17, 15) is 4.79 Å². The lowest BCUT2D eigenvalue weighted by Gasteiger charge is -2.35. The third kappa shape index (κ3) is 6.37. The molecule has 0 atom stereocenters. The molecule has 0 aliphatic carbocycles. The Balaban J connectivity index is 1.52. The van der Waals surface area contributed by atoms with E-state index in [-0.39, 0.29) is 5.91 Å². The number of morpholine rings is 1. The molecule has 0 saturated carbocycles. The highest BCUT2D eigenvalue weighted by Crippen LogP contribution is 2.37. The van der Waals surface area contributed by atoms with Gasteiger partial charge in [-0.05, 0) is 49.0 Å². The molecular formula is C23H33ClN2O4. The van der Waals surface area contributed by atoms with Crippen molar-refractivity contribution in [2.45, 2.75) is 26.2 Å². The van der Waals surface area contributed by atoms with Crippen molar-refractivity contribution in [2.24, 2.45) is 5.92 Å². The highest BCUT2D eigenvalue weighted by Gasteiger charge is 2.24. The number of benzene rings is 1. The molecule has 0 spiro atoms. The van der Waals surface area contributed by atoms with Crippen LogP contribution >= 0.6 is 11.6 Å². The van der Waals surface area contributed by atoms with E-state index in [2.05, 4.69) is 4.90 Å². The fourth-order valence-electron chi connectivity index (χ4n) is 3.94. The lowest BCUT2D eigenvalue weighted by molar-refractivity contribution is -0.127. The lowest BCUT2D eigenvalue weighted by Crippen LogP contribution is -2.43. The number of halogens is 1. The first-order chi connectivity index (χ1) is 14.6. The number of piperidine rings is 1. The van der Waals surface area contributed by atoms with Crippen LogP contribution < -0.4 is 9.47 Å². The average Bonchev–Trinajstić information content (AvgIpc) is 2.77. The van der Waals surface area contributed by atoms with E-state index < -0.39 is 0 Å². The van der Waals surface area contributed by atoms with E-state index >= 15 is 0 Å². The summed E-state index contributed by atoms with van der Waals surface area (Å²) in [5.41, 5.74) is 0.816. The molecule has 0 N–H and O–H groups in total. The number of hydrogen-bond acceptors (Lipinski definition) is 5. The van der Waals surface area contributed by atoms with Crippen LogP contribution in [0, 0.1) is 5.92 Å². The minimum absolute atomic E-state index is 0.0428. The first-order valence-corrected chi connectivity index (χ1v) is 11.3. The first-order valence-electron chi connectivity index (χ1n) is 10.9. The summed E-state index contributed by atoms with van der Waals surface area (Å²) in [6.07, 6.45) is 6.42. The topological polar surface area (TPSA) is 51.2 Å². The minimum Gasteiger partial charge on any atom is -0.493 e. The first kappa shape index (κ1) is 22.9. The molecule has 1 aromatic rings. The largest absolute Gasteiger partial charge is 0.493 e. The summed E-state index contributed by atoms with van der Waals surface area (Å²) in [6, 6.07) is 3.64. The Morgan fingerprint density at radius 3 is 2.63 bits per heavy atom. The number of carbonyl (C=O) groups is 1. The molecule has 2 saturated heterocycles. The molecule has 30 heavy (non-hydrogen) atoms. The Morgan fingerprint density at radius 2 is 1.97 bits per heavy atom. The Hall–Kier alpha value is -1.76. The van der Waals surface area contributed by atoms with Crippen LogP contribution in [0.4, 0.5) is 0 Å². The molecule has 6 nitrogen and oxygen atoms in total. The van der Waals surface area contributed by atoms with Gasteiger partial charge in [0.2, 0.25) is 5.91 Å². The molecular weight excluding hydrogens is 404 g/mol. The fraction of sp³-hybridized carbons (Fsp3) is 0.609. The number of rotatable bonds is 8. The smallest absolute Gasteiger partial charge is 0.246 e. The number of hydrogen-bond donors (Lipinski definition) is 0. The normalized spacial score (nSPS) is 18.7. The van der Waals surface area contributed by atoms with Gasteiger partial charge in [0.25, 0.3) is 0 Å². The number of nitrogens with zero attached hydrogens (tertiary/aromatic N) is 2. The molecule has 2 fully saturated rings. The van der Waals surface area contributed by atoms with Gasteiger partial charge in [-0.15, -0.1) is 0 Å². The molecule has 3 rings (SSSR count). The number of carbonyl (C=O) groups excluding carboxylic acids is 1. The van der Waals surface area contributed by atoms with Crippen LogP contribution in [0.25, 0.3) is 6.08 Å². The second-order valence-corrected chi connectivity index (χ2v) is 8.30. The summed E-state index contributed by atoms with van der Waals surface area (Å²) < 4.78 is 16.5. The van der Waals surface area contributed by atoms with Crippen LogP contribution in [-0.2, 0) is 9.53 Å². The third-order valence-electron chi connectivity index (χ3n) is 5.67. The zero-order valence-electron chi connectivity index (χ0n) is 18.1. The summed E-state index contributed by atoms with van der Waals surface area (Å²) in [7, 11) is 1.59. The molecule has 0 radical (unpaired) electrons. The Labute approximate surface area is 184 Å². The van der Waals surface area contributed by atoms with Crippen LogP contribution in [0.5, 0.6) is 11.5 Å². The van der Waals surface area contributed by atoms with E-state index in [0.717, 1.165) is 70.8 Å². The van der Waals surface area contributed by atoms with Crippen molar-refractivity contribution in [3.05, 3.63) is 28.8 Å².